The van der Waals surface area contributed by atoms with Gasteiger partial charge in [-0.25, -0.2) is 17.8 Å². The van der Waals surface area contributed by atoms with Crippen molar-refractivity contribution in [3.8, 4) is 0 Å². The Morgan fingerprint density at radius 3 is 2.51 bits per heavy atom. The van der Waals surface area contributed by atoms with Crippen molar-refractivity contribution in [2.45, 2.75) is 65.2 Å². The number of anilines is 1. The lowest BCUT2D eigenvalue weighted by atomic mass is 9.69. The smallest absolute Gasteiger partial charge is 0.353 e. The van der Waals surface area contributed by atoms with Gasteiger partial charge in [0.25, 0.3) is 0 Å². The van der Waals surface area contributed by atoms with Gasteiger partial charge in [0, 0.05) is 50.3 Å². The summed E-state index contributed by atoms with van der Waals surface area (Å²) in [6, 6.07) is -0.292. The third-order valence-corrected chi connectivity index (χ3v) is 10.7. The summed E-state index contributed by atoms with van der Waals surface area (Å²) in [5.74, 6) is -1.25. The number of piperazine rings is 1. The maximum absolute atomic E-state index is 14.5. The number of fused-ring (bicyclic) bond motifs is 2. The maximum Gasteiger partial charge on any atom is 0.417 e. The topological polar surface area (TPSA) is 82.6 Å². The van der Waals surface area contributed by atoms with Crippen molar-refractivity contribution in [1.82, 2.24) is 14.6 Å². The molecular formula is C23H32F4N4O3S. The molecule has 1 amide bonds. The largest absolute Gasteiger partial charge is 0.417 e. The number of aromatic nitrogens is 1. The Labute approximate surface area is 203 Å². The summed E-state index contributed by atoms with van der Waals surface area (Å²) in [6.45, 7) is 7.54. The van der Waals surface area contributed by atoms with Crippen LogP contribution in [0.5, 0.6) is 0 Å². The minimum absolute atomic E-state index is 0.0647. The Hall–Kier alpha value is -1.95. The molecule has 2 bridgehead atoms. The first-order chi connectivity index (χ1) is 16.1. The average Bonchev–Trinajstić information content (AvgIpc) is 3.07. The van der Waals surface area contributed by atoms with E-state index < -0.39 is 39.0 Å². The Morgan fingerprint density at radius 1 is 1.29 bits per heavy atom. The minimum atomic E-state index is -4.70. The Balaban J connectivity index is 1.52. The molecule has 1 N–H and O–H groups in total. The van der Waals surface area contributed by atoms with Crippen LogP contribution in [0.3, 0.4) is 0 Å². The monoisotopic (exact) mass is 520 g/mol. The number of carbonyl (C=O) groups excluding carboxylic acids is 1. The number of amides is 1. The SMILES string of the molecule is CC(=O)NC1C[C@H]2CC[C@@]1(CS(=O)(=O)N1CCN(c3ncc(C(F)(F)F)cc3F)[C@@H](C)C1)C2(C)C. The number of hydrogen-bond acceptors (Lipinski definition) is 5. The van der Waals surface area contributed by atoms with E-state index in [1.165, 1.54) is 16.1 Å². The first-order valence-corrected chi connectivity index (χ1v) is 13.4. The van der Waals surface area contributed by atoms with Crippen molar-refractivity contribution in [1.29, 1.82) is 0 Å². The number of rotatable bonds is 5. The van der Waals surface area contributed by atoms with E-state index in [1.54, 1.807) is 6.92 Å². The summed E-state index contributed by atoms with van der Waals surface area (Å²) in [7, 11) is -3.73. The molecular weight excluding hydrogens is 488 g/mol. The second-order valence-corrected chi connectivity index (χ2v) is 12.8. The van der Waals surface area contributed by atoms with Crippen molar-refractivity contribution in [3.63, 3.8) is 0 Å². The summed E-state index contributed by atoms with van der Waals surface area (Å²) in [5.41, 5.74) is -2.01. The van der Waals surface area contributed by atoms with Crippen LogP contribution in [-0.2, 0) is 21.0 Å². The van der Waals surface area contributed by atoms with E-state index in [9.17, 15) is 30.8 Å². The highest BCUT2D eigenvalue weighted by Gasteiger charge is 2.65. The molecule has 1 aromatic heterocycles. The lowest BCUT2D eigenvalue weighted by Crippen LogP contribution is -2.58. The molecule has 1 aliphatic heterocycles. The van der Waals surface area contributed by atoms with Crippen LogP contribution in [0.4, 0.5) is 23.4 Å². The van der Waals surface area contributed by atoms with Gasteiger partial charge in [0.1, 0.15) is 0 Å². The van der Waals surface area contributed by atoms with Crippen LogP contribution in [-0.4, -0.2) is 61.1 Å². The number of hydrogen-bond donors (Lipinski definition) is 1. The summed E-state index contributed by atoms with van der Waals surface area (Å²) < 4.78 is 81.8. The molecule has 3 fully saturated rings. The fraction of sp³-hybridized carbons (Fsp3) is 0.739. The standard InChI is InChI=1S/C23H32F4N4O3S/c1-14-12-30(7-8-31(14)20-18(24)9-17(11-28-20)23(25,26)27)35(33,34)13-22-6-5-16(21(22,3)4)10-19(22)29-15(2)32/h9,11,14,16,19H,5-8,10,12-13H2,1-4H3,(H,29,32)/t14-,16+,19?,22-/m0/s1. The second kappa shape index (κ2) is 8.57. The first kappa shape index (κ1) is 26.1. The summed E-state index contributed by atoms with van der Waals surface area (Å²) in [6.07, 6.45) is -1.72. The van der Waals surface area contributed by atoms with Crippen LogP contribution in [0.25, 0.3) is 0 Å². The fourth-order valence-electron chi connectivity index (χ4n) is 6.57. The van der Waals surface area contributed by atoms with Gasteiger partial charge in [-0.1, -0.05) is 13.8 Å². The van der Waals surface area contributed by atoms with Gasteiger partial charge in [-0.05, 0) is 43.6 Å². The van der Waals surface area contributed by atoms with Crippen molar-refractivity contribution in [3.05, 3.63) is 23.6 Å². The number of nitrogens with zero attached hydrogens (tertiary/aromatic N) is 3. The lowest BCUT2D eigenvalue weighted by Gasteiger charge is -2.45. The molecule has 1 saturated heterocycles. The van der Waals surface area contributed by atoms with Gasteiger partial charge in [0.15, 0.2) is 11.6 Å². The number of carbonyl (C=O) groups is 1. The number of nitrogens with one attached hydrogen (secondary N) is 1. The molecule has 0 radical (unpaired) electrons. The van der Waals surface area contributed by atoms with Gasteiger partial charge < -0.3 is 10.2 Å². The first-order valence-electron chi connectivity index (χ1n) is 11.8. The second-order valence-electron chi connectivity index (χ2n) is 10.8. The van der Waals surface area contributed by atoms with E-state index in [-0.39, 0.29) is 48.6 Å². The highest BCUT2D eigenvalue weighted by atomic mass is 32.2. The van der Waals surface area contributed by atoms with E-state index in [0.29, 0.717) is 24.6 Å². The molecule has 2 heterocycles. The molecule has 1 aromatic rings. The van der Waals surface area contributed by atoms with E-state index in [2.05, 4.69) is 24.1 Å². The molecule has 7 nitrogen and oxygen atoms in total. The zero-order valence-electron chi connectivity index (χ0n) is 20.3. The predicted octanol–water partition coefficient (Wildman–Crippen LogP) is 3.41. The number of pyridine rings is 1. The van der Waals surface area contributed by atoms with Crippen molar-refractivity contribution < 1.29 is 30.8 Å². The molecule has 1 unspecified atom stereocenters. The molecule has 35 heavy (non-hydrogen) atoms. The zero-order chi connectivity index (χ0) is 26.0. The Bertz CT molecular complexity index is 1110. The van der Waals surface area contributed by atoms with Gasteiger partial charge in [-0.2, -0.15) is 17.5 Å². The molecule has 2 aliphatic carbocycles. The maximum atomic E-state index is 14.5. The Kier molecular flexibility index (Phi) is 6.40. The molecule has 12 heteroatoms. The van der Waals surface area contributed by atoms with Crippen LogP contribution in [0, 0.1) is 22.6 Å². The quantitative estimate of drug-likeness (QED) is 0.602. The third kappa shape index (κ3) is 4.41. The van der Waals surface area contributed by atoms with Gasteiger partial charge >= 0.3 is 6.18 Å². The van der Waals surface area contributed by atoms with Crippen LogP contribution >= 0.6 is 0 Å². The summed E-state index contributed by atoms with van der Waals surface area (Å²) >= 11 is 0. The van der Waals surface area contributed by atoms with Crippen molar-refractivity contribution in [2.24, 2.45) is 16.7 Å². The minimum Gasteiger partial charge on any atom is -0.353 e. The van der Waals surface area contributed by atoms with Gasteiger partial charge in [0.05, 0.1) is 11.3 Å². The molecule has 3 aliphatic rings. The van der Waals surface area contributed by atoms with Crippen LogP contribution in [0.2, 0.25) is 0 Å². The van der Waals surface area contributed by atoms with E-state index in [1.807, 2.05) is 0 Å². The van der Waals surface area contributed by atoms with Crippen LogP contribution < -0.4 is 10.2 Å². The van der Waals surface area contributed by atoms with Gasteiger partial charge in [-0.15, -0.1) is 0 Å². The molecule has 4 atom stereocenters. The molecule has 2 saturated carbocycles. The zero-order valence-corrected chi connectivity index (χ0v) is 21.1. The lowest BCUT2D eigenvalue weighted by molar-refractivity contribution is -0.138. The molecule has 0 spiro atoms. The summed E-state index contributed by atoms with van der Waals surface area (Å²) in [4.78, 5) is 17.0. The number of sulfonamides is 1. The van der Waals surface area contributed by atoms with E-state index in [0.717, 1.165) is 12.8 Å². The molecule has 4 rings (SSSR count). The number of alkyl halides is 3. The van der Waals surface area contributed by atoms with E-state index >= 15 is 0 Å². The van der Waals surface area contributed by atoms with Gasteiger partial charge in [-0.3, -0.25) is 4.79 Å². The normalized spacial score (nSPS) is 31.1. The highest BCUT2D eigenvalue weighted by Crippen LogP contribution is 2.66. The third-order valence-electron chi connectivity index (χ3n) is 8.65. The fourth-order valence-corrected chi connectivity index (χ4v) is 8.93. The highest BCUT2D eigenvalue weighted by molar-refractivity contribution is 7.89. The predicted molar refractivity (Wildman–Crippen MR) is 123 cm³/mol. The molecule has 0 aromatic carbocycles. The van der Waals surface area contributed by atoms with Crippen LogP contribution in [0.15, 0.2) is 12.3 Å². The van der Waals surface area contributed by atoms with Crippen molar-refractivity contribution >= 4 is 21.7 Å². The van der Waals surface area contributed by atoms with Crippen molar-refractivity contribution in [2.75, 3.05) is 30.3 Å². The summed E-state index contributed by atoms with van der Waals surface area (Å²) in [5, 5.41) is 2.99. The van der Waals surface area contributed by atoms with Gasteiger partial charge in [0.2, 0.25) is 15.9 Å². The average molecular weight is 521 g/mol. The number of halogens is 4. The van der Waals surface area contributed by atoms with Crippen LogP contribution in [0.1, 0.15) is 52.5 Å². The van der Waals surface area contributed by atoms with E-state index in [4.69, 9.17) is 0 Å². The Morgan fingerprint density at radius 2 is 1.97 bits per heavy atom. The molecule has 196 valence electrons.